The topological polar surface area (TPSA) is 29.1 Å². The molecule has 2 nitrogen and oxygen atoms in total. The van der Waals surface area contributed by atoms with Crippen LogP contribution < -0.4 is 5.32 Å². The van der Waals surface area contributed by atoms with E-state index >= 15 is 0 Å². The van der Waals surface area contributed by atoms with Crippen molar-refractivity contribution in [1.82, 2.24) is 5.32 Å². The summed E-state index contributed by atoms with van der Waals surface area (Å²) in [4.78, 5) is 12.4. The lowest BCUT2D eigenvalue weighted by atomic mass is 9.99. The van der Waals surface area contributed by atoms with Gasteiger partial charge in [0.2, 0.25) is 5.91 Å². The van der Waals surface area contributed by atoms with Crippen LogP contribution in [0, 0.1) is 23.7 Å². The van der Waals surface area contributed by atoms with Gasteiger partial charge in [-0.25, -0.2) is 0 Å². The summed E-state index contributed by atoms with van der Waals surface area (Å²) < 4.78 is 0. The van der Waals surface area contributed by atoms with E-state index in [1.54, 1.807) is 0 Å². The van der Waals surface area contributed by atoms with E-state index in [2.05, 4.69) is 35.1 Å². The van der Waals surface area contributed by atoms with Gasteiger partial charge >= 0.3 is 0 Å². The average Bonchev–Trinajstić information content (AvgIpc) is 2.81. The first-order chi connectivity index (χ1) is 8.19. The largest absolute Gasteiger partial charge is 0.355 e. The Morgan fingerprint density at radius 2 is 1.88 bits per heavy atom. The molecule has 2 aliphatic carbocycles. The van der Waals surface area contributed by atoms with E-state index in [4.69, 9.17) is 0 Å². The van der Waals surface area contributed by atoms with Gasteiger partial charge in [0.05, 0.1) is 0 Å². The van der Waals surface area contributed by atoms with E-state index < -0.39 is 0 Å². The summed E-state index contributed by atoms with van der Waals surface area (Å²) in [6.45, 7) is 5.23. The Labute approximate surface area is 113 Å². The molecule has 17 heavy (non-hydrogen) atoms. The second kappa shape index (κ2) is 5.73. The second-order valence-electron chi connectivity index (χ2n) is 5.62. The van der Waals surface area contributed by atoms with Crippen LogP contribution in [0.4, 0.5) is 0 Å². The number of alkyl halides is 1. The summed E-state index contributed by atoms with van der Waals surface area (Å²) >= 11 is 3.71. The summed E-state index contributed by atoms with van der Waals surface area (Å²) in [6.07, 6.45) is 6.27. The quantitative estimate of drug-likeness (QED) is 0.749. The maximum absolute atomic E-state index is 12.0. The molecule has 3 atom stereocenters. The fourth-order valence-corrected chi connectivity index (χ4v) is 4.40. The van der Waals surface area contributed by atoms with E-state index in [1.165, 1.54) is 32.1 Å². The zero-order valence-corrected chi connectivity index (χ0v) is 12.5. The third-order valence-electron chi connectivity index (χ3n) is 4.74. The number of halogens is 1. The zero-order chi connectivity index (χ0) is 12.4. The smallest absolute Gasteiger partial charge is 0.223 e. The number of carbonyl (C=O) groups is 1. The fourth-order valence-electron chi connectivity index (χ4n) is 3.49. The number of rotatable bonds is 6. The average molecular weight is 302 g/mol. The molecular formula is C14H24BrNO. The van der Waals surface area contributed by atoms with Gasteiger partial charge < -0.3 is 5.32 Å². The number of amides is 1. The standard InChI is InChI=1S/C14H24BrNO/c1-3-9(4-2)12(15)8-16-14(17)13-10-6-5-7-11(10)13/h9-13H,3-8H2,1-2H3,(H,16,17). The van der Waals surface area contributed by atoms with Crippen LogP contribution in [-0.2, 0) is 4.79 Å². The molecule has 98 valence electrons. The summed E-state index contributed by atoms with van der Waals surface area (Å²) in [5.74, 6) is 2.82. The van der Waals surface area contributed by atoms with Crippen LogP contribution in [0.15, 0.2) is 0 Å². The lowest BCUT2D eigenvalue weighted by Crippen LogP contribution is -2.34. The minimum absolute atomic E-state index is 0.315. The Balaban J connectivity index is 1.70. The molecule has 0 spiro atoms. The van der Waals surface area contributed by atoms with Gasteiger partial charge in [0.25, 0.3) is 0 Å². The van der Waals surface area contributed by atoms with Crippen LogP contribution in [0.3, 0.4) is 0 Å². The van der Waals surface area contributed by atoms with Crippen LogP contribution in [0.2, 0.25) is 0 Å². The van der Waals surface area contributed by atoms with Crippen molar-refractivity contribution >= 4 is 21.8 Å². The minimum atomic E-state index is 0.315. The van der Waals surface area contributed by atoms with Crippen molar-refractivity contribution in [3.05, 3.63) is 0 Å². The Bertz CT molecular complexity index is 267. The van der Waals surface area contributed by atoms with Crippen LogP contribution in [-0.4, -0.2) is 17.3 Å². The van der Waals surface area contributed by atoms with Gasteiger partial charge in [-0.2, -0.15) is 0 Å². The molecule has 2 rings (SSSR count). The van der Waals surface area contributed by atoms with Crippen molar-refractivity contribution in [3.8, 4) is 0 Å². The van der Waals surface area contributed by atoms with Crippen molar-refractivity contribution in [2.45, 2.75) is 50.8 Å². The molecule has 2 saturated carbocycles. The van der Waals surface area contributed by atoms with Gasteiger partial charge in [0, 0.05) is 17.3 Å². The Morgan fingerprint density at radius 1 is 1.29 bits per heavy atom. The highest BCUT2D eigenvalue weighted by atomic mass is 79.9. The van der Waals surface area contributed by atoms with E-state index in [0.29, 0.717) is 22.6 Å². The number of nitrogens with one attached hydrogen (secondary N) is 1. The fraction of sp³-hybridized carbons (Fsp3) is 0.929. The molecule has 0 aliphatic heterocycles. The second-order valence-corrected chi connectivity index (χ2v) is 6.80. The monoisotopic (exact) mass is 301 g/mol. The predicted molar refractivity (Wildman–Crippen MR) is 74.1 cm³/mol. The van der Waals surface area contributed by atoms with Gasteiger partial charge in [0.1, 0.15) is 0 Å². The SMILES string of the molecule is CCC(CC)C(Br)CNC(=O)C1C2CCCC21. The third kappa shape index (κ3) is 2.86. The molecule has 2 aliphatic rings. The third-order valence-corrected chi connectivity index (χ3v) is 5.81. The van der Waals surface area contributed by atoms with Crippen LogP contribution in [0.1, 0.15) is 46.0 Å². The van der Waals surface area contributed by atoms with Crippen molar-refractivity contribution in [1.29, 1.82) is 0 Å². The van der Waals surface area contributed by atoms with Crippen molar-refractivity contribution in [2.75, 3.05) is 6.54 Å². The van der Waals surface area contributed by atoms with Crippen LogP contribution >= 0.6 is 15.9 Å². The summed E-state index contributed by atoms with van der Waals surface area (Å²) in [6, 6.07) is 0. The Kier molecular flexibility index (Phi) is 4.51. The van der Waals surface area contributed by atoms with E-state index in [1.807, 2.05) is 0 Å². The van der Waals surface area contributed by atoms with Gasteiger partial charge in [-0.15, -0.1) is 0 Å². The first kappa shape index (κ1) is 13.4. The van der Waals surface area contributed by atoms with E-state index in [9.17, 15) is 4.79 Å². The summed E-state index contributed by atoms with van der Waals surface area (Å²) in [5, 5.41) is 3.14. The highest BCUT2D eigenvalue weighted by Gasteiger charge is 2.56. The molecule has 0 radical (unpaired) electrons. The Morgan fingerprint density at radius 3 is 2.41 bits per heavy atom. The van der Waals surface area contributed by atoms with Crippen molar-refractivity contribution in [3.63, 3.8) is 0 Å². The number of hydrogen-bond acceptors (Lipinski definition) is 1. The maximum Gasteiger partial charge on any atom is 0.223 e. The molecule has 0 aromatic heterocycles. The number of hydrogen-bond donors (Lipinski definition) is 1. The molecular weight excluding hydrogens is 278 g/mol. The summed E-state index contributed by atoms with van der Waals surface area (Å²) in [7, 11) is 0. The molecule has 3 heteroatoms. The molecule has 1 N–H and O–H groups in total. The van der Waals surface area contributed by atoms with Crippen LogP contribution in [0.25, 0.3) is 0 Å². The predicted octanol–water partition coefficient (Wildman–Crippen LogP) is 3.35. The minimum Gasteiger partial charge on any atom is -0.355 e. The lowest BCUT2D eigenvalue weighted by molar-refractivity contribution is -0.123. The maximum atomic E-state index is 12.0. The molecule has 0 heterocycles. The zero-order valence-electron chi connectivity index (χ0n) is 10.9. The highest BCUT2D eigenvalue weighted by Crippen LogP contribution is 2.57. The molecule has 3 unspecified atom stereocenters. The molecule has 0 aromatic carbocycles. The van der Waals surface area contributed by atoms with Crippen molar-refractivity contribution < 1.29 is 4.79 Å². The lowest BCUT2D eigenvalue weighted by Gasteiger charge is -2.20. The normalized spacial score (nSPS) is 32.4. The van der Waals surface area contributed by atoms with Crippen molar-refractivity contribution in [2.24, 2.45) is 23.7 Å². The molecule has 2 fully saturated rings. The summed E-state index contributed by atoms with van der Waals surface area (Å²) in [5.41, 5.74) is 0. The highest BCUT2D eigenvalue weighted by molar-refractivity contribution is 9.09. The number of fused-ring (bicyclic) bond motifs is 1. The van der Waals surface area contributed by atoms with Gasteiger partial charge in [0.15, 0.2) is 0 Å². The number of carbonyl (C=O) groups excluding carboxylic acids is 1. The molecule has 1 amide bonds. The first-order valence-corrected chi connectivity index (χ1v) is 8.02. The van der Waals surface area contributed by atoms with E-state index in [0.717, 1.165) is 18.4 Å². The van der Waals surface area contributed by atoms with Gasteiger partial charge in [-0.1, -0.05) is 49.0 Å². The molecule has 0 saturated heterocycles. The molecule has 0 bridgehead atoms. The Hall–Kier alpha value is -0.0500. The molecule has 0 aromatic rings. The van der Waals surface area contributed by atoms with E-state index in [-0.39, 0.29) is 0 Å². The van der Waals surface area contributed by atoms with Gasteiger partial charge in [-0.05, 0) is 30.6 Å². The van der Waals surface area contributed by atoms with Gasteiger partial charge in [-0.3, -0.25) is 4.79 Å². The first-order valence-electron chi connectivity index (χ1n) is 7.10. The van der Waals surface area contributed by atoms with Crippen LogP contribution in [0.5, 0.6) is 0 Å².